The Morgan fingerprint density at radius 1 is 1.14 bits per heavy atom. The van der Waals surface area contributed by atoms with E-state index in [2.05, 4.69) is 35.0 Å². The van der Waals surface area contributed by atoms with Crippen LogP contribution >= 0.6 is 0 Å². The summed E-state index contributed by atoms with van der Waals surface area (Å²) in [7, 11) is 0. The summed E-state index contributed by atoms with van der Waals surface area (Å²) in [6, 6.07) is 14.9. The topological polar surface area (TPSA) is 25.4 Å². The van der Waals surface area contributed by atoms with Crippen molar-refractivity contribution in [3.63, 3.8) is 0 Å². The normalized spacial score (nSPS) is 19.0. The maximum absolute atomic E-state index is 6.03. The zero-order valence-electron chi connectivity index (χ0n) is 13.2. The van der Waals surface area contributed by atoms with E-state index in [4.69, 9.17) is 4.74 Å². The summed E-state index contributed by atoms with van der Waals surface area (Å²) in [6.45, 7) is 5.06. The van der Waals surface area contributed by atoms with Gasteiger partial charge in [0.05, 0.1) is 0 Å². The fourth-order valence-electron chi connectivity index (χ4n) is 3.23. The molecule has 116 valence electrons. The lowest BCUT2D eigenvalue weighted by atomic mass is 9.96. The van der Waals surface area contributed by atoms with Gasteiger partial charge in [0.25, 0.3) is 0 Å². The number of aromatic nitrogens is 1. The average molecular weight is 296 g/mol. The molecule has 2 aromatic rings. The summed E-state index contributed by atoms with van der Waals surface area (Å²) < 4.78 is 6.03. The van der Waals surface area contributed by atoms with Crippen LogP contribution in [0.4, 0.5) is 0 Å². The molecule has 0 bridgehead atoms. The molecular weight excluding hydrogens is 272 g/mol. The van der Waals surface area contributed by atoms with Gasteiger partial charge in [-0.25, -0.2) is 4.98 Å². The van der Waals surface area contributed by atoms with Gasteiger partial charge in [0.1, 0.15) is 6.61 Å². The van der Waals surface area contributed by atoms with Crippen LogP contribution in [0.15, 0.2) is 48.7 Å². The summed E-state index contributed by atoms with van der Waals surface area (Å²) in [6.07, 6.45) is 5.60. The highest BCUT2D eigenvalue weighted by molar-refractivity contribution is 5.30. The van der Waals surface area contributed by atoms with Gasteiger partial charge < -0.3 is 4.74 Å². The summed E-state index contributed by atoms with van der Waals surface area (Å²) in [5.41, 5.74) is 2.41. The van der Waals surface area contributed by atoms with Gasteiger partial charge in [-0.2, -0.15) is 0 Å². The third-order valence-electron chi connectivity index (χ3n) is 4.40. The summed E-state index contributed by atoms with van der Waals surface area (Å²) in [5, 5.41) is 0. The van der Waals surface area contributed by atoms with Crippen molar-refractivity contribution < 1.29 is 4.74 Å². The molecular formula is C19H24N2O. The van der Waals surface area contributed by atoms with Crippen LogP contribution < -0.4 is 4.74 Å². The van der Waals surface area contributed by atoms with Crippen molar-refractivity contribution in [3.05, 3.63) is 59.8 Å². The molecule has 3 heteroatoms. The molecule has 1 saturated heterocycles. The second-order valence-electron chi connectivity index (χ2n) is 5.81. The predicted octanol–water partition coefficient (Wildman–Crippen LogP) is 4.21. The lowest BCUT2D eigenvalue weighted by Crippen LogP contribution is -2.33. The van der Waals surface area contributed by atoms with Gasteiger partial charge in [-0.05, 0) is 37.6 Å². The number of pyridine rings is 1. The first-order chi connectivity index (χ1) is 10.9. The van der Waals surface area contributed by atoms with E-state index in [9.17, 15) is 0 Å². The zero-order chi connectivity index (χ0) is 15.2. The van der Waals surface area contributed by atoms with E-state index in [1.807, 2.05) is 30.5 Å². The minimum absolute atomic E-state index is 0.443. The zero-order valence-corrected chi connectivity index (χ0v) is 13.2. The molecule has 0 spiro atoms. The van der Waals surface area contributed by atoms with Gasteiger partial charge in [-0.3, -0.25) is 4.90 Å². The first-order valence-electron chi connectivity index (χ1n) is 8.24. The number of hydrogen-bond donors (Lipinski definition) is 0. The molecule has 0 radical (unpaired) electrons. The van der Waals surface area contributed by atoms with E-state index < -0.39 is 0 Å². The van der Waals surface area contributed by atoms with E-state index in [0.717, 1.165) is 12.4 Å². The van der Waals surface area contributed by atoms with E-state index in [1.54, 1.807) is 0 Å². The molecule has 1 unspecified atom stereocenters. The van der Waals surface area contributed by atoms with Crippen LogP contribution in [0.5, 0.6) is 5.88 Å². The molecule has 1 aromatic heterocycles. The smallest absolute Gasteiger partial charge is 0.218 e. The Bertz CT molecular complexity index is 585. The monoisotopic (exact) mass is 296 g/mol. The van der Waals surface area contributed by atoms with Gasteiger partial charge in [-0.15, -0.1) is 0 Å². The number of likely N-dealkylation sites (tertiary alicyclic amines) is 1. The van der Waals surface area contributed by atoms with Crippen molar-refractivity contribution >= 4 is 0 Å². The lowest BCUT2D eigenvalue weighted by molar-refractivity contribution is 0.151. The Balaban J connectivity index is 1.77. The number of nitrogens with zero attached hydrogens (tertiary/aromatic N) is 2. The third-order valence-corrected chi connectivity index (χ3v) is 4.40. The minimum Gasteiger partial charge on any atom is -0.473 e. The number of hydrogen-bond acceptors (Lipinski definition) is 3. The Hall–Kier alpha value is -1.87. The molecule has 0 saturated carbocycles. The number of rotatable bonds is 5. The minimum atomic E-state index is 0.443. The van der Waals surface area contributed by atoms with Crippen molar-refractivity contribution in [1.29, 1.82) is 0 Å². The second kappa shape index (κ2) is 7.41. The molecule has 0 N–H and O–H groups in total. The maximum Gasteiger partial charge on any atom is 0.218 e. The van der Waals surface area contributed by atoms with Crippen molar-refractivity contribution in [3.8, 4) is 5.88 Å². The lowest BCUT2D eigenvalue weighted by Gasteiger charge is -2.35. The van der Waals surface area contributed by atoms with Crippen LogP contribution in [0.2, 0.25) is 0 Å². The second-order valence-corrected chi connectivity index (χ2v) is 5.81. The molecule has 3 rings (SSSR count). The highest BCUT2D eigenvalue weighted by atomic mass is 16.5. The Morgan fingerprint density at radius 2 is 2.00 bits per heavy atom. The van der Waals surface area contributed by atoms with E-state index in [0.29, 0.717) is 12.6 Å². The maximum atomic E-state index is 6.03. The molecule has 3 nitrogen and oxygen atoms in total. The summed E-state index contributed by atoms with van der Waals surface area (Å²) in [4.78, 5) is 7.03. The average Bonchev–Trinajstić information content (AvgIpc) is 2.61. The molecule has 1 aliphatic rings. The number of ether oxygens (including phenoxy) is 1. The quantitative estimate of drug-likeness (QED) is 0.826. The van der Waals surface area contributed by atoms with Gasteiger partial charge >= 0.3 is 0 Å². The van der Waals surface area contributed by atoms with Crippen molar-refractivity contribution in [2.45, 2.75) is 38.8 Å². The SMILES string of the molecule is CCN1CCCCC1c1cccnc1OCc1ccccc1. The van der Waals surface area contributed by atoms with E-state index in [-0.39, 0.29) is 0 Å². The molecule has 1 fully saturated rings. The van der Waals surface area contributed by atoms with Crippen LogP contribution in [0.25, 0.3) is 0 Å². The number of piperidine rings is 1. The Kier molecular flexibility index (Phi) is 5.07. The Morgan fingerprint density at radius 3 is 2.82 bits per heavy atom. The highest BCUT2D eigenvalue weighted by Crippen LogP contribution is 2.34. The standard InChI is InChI=1S/C19H24N2O/c1-2-21-14-7-6-12-18(21)17-11-8-13-20-19(17)22-15-16-9-4-3-5-10-16/h3-5,8-11,13,18H,2,6-7,12,14-15H2,1H3. The van der Waals surface area contributed by atoms with Gasteiger partial charge in [-0.1, -0.05) is 49.7 Å². The molecule has 22 heavy (non-hydrogen) atoms. The van der Waals surface area contributed by atoms with Crippen LogP contribution in [0.1, 0.15) is 43.4 Å². The molecule has 0 amide bonds. The summed E-state index contributed by atoms with van der Waals surface area (Å²) >= 11 is 0. The summed E-state index contributed by atoms with van der Waals surface area (Å²) in [5.74, 6) is 0.789. The highest BCUT2D eigenvalue weighted by Gasteiger charge is 2.25. The van der Waals surface area contributed by atoms with Crippen molar-refractivity contribution in [2.75, 3.05) is 13.1 Å². The third kappa shape index (κ3) is 3.47. The van der Waals surface area contributed by atoms with E-state index >= 15 is 0 Å². The first-order valence-corrected chi connectivity index (χ1v) is 8.24. The van der Waals surface area contributed by atoms with Crippen LogP contribution in [-0.2, 0) is 6.61 Å². The fraction of sp³-hybridized carbons (Fsp3) is 0.421. The van der Waals surface area contributed by atoms with E-state index in [1.165, 1.54) is 36.9 Å². The van der Waals surface area contributed by atoms with Gasteiger partial charge in [0.2, 0.25) is 5.88 Å². The largest absolute Gasteiger partial charge is 0.473 e. The molecule has 1 aliphatic heterocycles. The molecule has 1 atom stereocenters. The number of benzene rings is 1. The van der Waals surface area contributed by atoms with Gasteiger partial charge in [0.15, 0.2) is 0 Å². The molecule has 0 aliphatic carbocycles. The first kappa shape index (κ1) is 15.0. The van der Waals surface area contributed by atoms with Crippen molar-refractivity contribution in [2.24, 2.45) is 0 Å². The predicted molar refractivity (Wildman–Crippen MR) is 88.9 cm³/mol. The van der Waals surface area contributed by atoms with Gasteiger partial charge in [0, 0.05) is 17.8 Å². The van der Waals surface area contributed by atoms with Crippen LogP contribution in [-0.4, -0.2) is 23.0 Å². The fourth-order valence-corrected chi connectivity index (χ4v) is 3.23. The van der Waals surface area contributed by atoms with Crippen LogP contribution in [0.3, 0.4) is 0 Å². The molecule has 1 aromatic carbocycles. The van der Waals surface area contributed by atoms with Crippen molar-refractivity contribution in [1.82, 2.24) is 9.88 Å². The van der Waals surface area contributed by atoms with Crippen LogP contribution in [0, 0.1) is 0 Å². The Labute approximate surface area is 132 Å². The molecule has 2 heterocycles.